The lowest BCUT2D eigenvalue weighted by molar-refractivity contribution is 0.457. The van der Waals surface area contributed by atoms with Crippen molar-refractivity contribution in [3.8, 4) is 0 Å². The Hall–Kier alpha value is -0.800. The highest BCUT2D eigenvalue weighted by atomic mass is 35.5. The summed E-state index contributed by atoms with van der Waals surface area (Å²) < 4.78 is 2.96. The molecule has 1 heterocycles. The number of H-pyrrole nitrogens is 1. The molecule has 19 heavy (non-hydrogen) atoms. The maximum atomic E-state index is 6.22. The maximum Gasteiger partial charge on any atom is 0.178 e. The molecule has 0 aliphatic heterocycles. The zero-order valence-corrected chi connectivity index (χ0v) is 13.3. The molecule has 0 bridgehead atoms. The molecule has 1 aromatic carbocycles. The Morgan fingerprint density at radius 2 is 1.89 bits per heavy atom. The summed E-state index contributed by atoms with van der Waals surface area (Å²) in [5.74, 6) is 0.643. The Morgan fingerprint density at radius 3 is 2.47 bits per heavy atom. The van der Waals surface area contributed by atoms with Gasteiger partial charge in [0.25, 0.3) is 0 Å². The molecule has 0 radical (unpaired) electrons. The topological polar surface area (TPSA) is 20.7 Å². The number of nitrogens with one attached hydrogen (secondary N) is 1. The molecule has 1 fully saturated rings. The van der Waals surface area contributed by atoms with Crippen molar-refractivity contribution in [3.05, 3.63) is 28.0 Å². The molecular formula is C15H19ClN2S. The second-order valence-electron chi connectivity index (χ2n) is 6.67. The van der Waals surface area contributed by atoms with Crippen molar-refractivity contribution in [2.75, 3.05) is 0 Å². The van der Waals surface area contributed by atoms with Crippen LogP contribution >= 0.6 is 23.8 Å². The molecule has 4 heteroatoms. The average molecular weight is 295 g/mol. The fourth-order valence-electron chi connectivity index (χ4n) is 3.30. The minimum Gasteiger partial charge on any atom is -0.329 e. The summed E-state index contributed by atoms with van der Waals surface area (Å²) in [4.78, 5) is 3.23. The smallest absolute Gasteiger partial charge is 0.178 e. The van der Waals surface area contributed by atoms with E-state index in [-0.39, 0.29) is 0 Å². The van der Waals surface area contributed by atoms with Gasteiger partial charge in [0, 0.05) is 6.54 Å². The Morgan fingerprint density at radius 1 is 1.26 bits per heavy atom. The van der Waals surface area contributed by atoms with E-state index in [1.54, 1.807) is 0 Å². The summed E-state index contributed by atoms with van der Waals surface area (Å²) in [6.07, 6.45) is 0. The van der Waals surface area contributed by atoms with E-state index in [1.807, 2.05) is 12.1 Å². The van der Waals surface area contributed by atoms with Crippen molar-refractivity contribution in [1.82, 2.24) is 9.55 Å². The summed E-state index contributed by atoms with van der Waals surface area (Å²) in [5, 5.41) is 0.733. The van der Waals surface area contributed by atoms with Crippen molar-refractivity contribution >= 4 is 34.9 Å². The maximum absolute atomic E-state index is 6.22. The van der Waals surface area contributed by atoms with Gasteiger partial charge in [0.15, 0.2) is 4.77 Å². The van der Waals surface area contributed by atoms with Crippen molar-refractivity contribution in [2.45, 2.75) is 34.2 Å². The molecule has 102 valence electrons. The molecular weight excluding hydrogens is 276 g/mol. The van der Waals surface area contributed by atoms with Crippen LogP contribution in [0.5, 0.6) is 0 Å². The molecule has 1 saturated carbocycles. The number of para-hydroxylation sites is 1. The summed E-state index contributed by atoms with van der Waals surface area (Å²) in [5.41, 5.74) is 2.79. The number of hydrogen-bond acceptors (Lipinski definition) is 1. The number of benzene rings is 1. The number of aromatic amines is 1. The van der Waals surface area contributed by atoms with Crippen molar-refractivity contribution < 1.29 is 0 Å². The predicted octanol–water partition coefficient (Wildman–Crippen LogP) is 5.03. The highest BCUT2D eigenvalue weighted by molar-refractivity contribution is 7.71. The van der Waals surface area contributed by atoms with E-state index in [0.717, 1.165) is 27.4 Å². The highest BCUT2D eigenvalue weighted by Gasteiger charge is 2.64. The van der Waals surface area contributed by atoms with Crippen LogP contribution < -0.4 is 0 Å². The first-order valence-corrected chi connectivity index (χ1v) is 7.42. The predicted molar refractivity (Wildman–Crippen MR) is 83.2 cm³/mol. The fraction of sp³-hybridized carbons (Fsp3) is 0.533. The van der Waals surface area contributed by atoms with Gasteiger partial charge in [-0.1, -0.05) is 45.4 Å². The lowest BCUT2D eigenvalue weighted by Crippen LogP contribution is -2.04. The second kappa shape index (κ2) is 3.86. The summed E-state index contributed by atoms with van der Waals surface area (Å²) >= 11 is 11.7. The van der Waals surface area contributed by atoms with Crippen LogP contribution in [0.3, 0.4) is 0 Å². The zero-order chi connectivity index (χ0) is 14.0. The normalized spacial score (nSPS) is 20.9. The van der Waals surface area contributed by atoms with Crippen LogP contribution in [0.25, 0.3) is 11.0 Å². The third-order valence-electron chi connectivity index (χ3n) is 5.44. The molecule has 1 aromatic heterocycles. The van der Waals surface area contributed by atoms with Gasteiger partial charge in [-0.25, -0.2) is 0 Å². The van der Waals surface area contributed by atoms with Gasteiger partial charge in [0.2, 0.25) is 0 Å². The number of imidazole rings is 1. The minimum absolute atomic E-state index is 0.365. The molecule has 0 amide bonds. The largest absolute Gasteiger partial charge is 0.329 e. The van der Waals surface area contributed by atoms with E-state index in [0.29, 0.717) is 16.7 Å². The van der Waals surface area contributed by atoms with Crippen LogP contribution in [0.4, 0.5) is 0 Å². The molecule has 0 unspecified atom stereocenters. The first kappa shape index (κ1) is 13.2. The molecule has 2 nitrogen and oxygen atoms in total. The van der Waals surface area contributed by atoms with Crippen molar-refractivity contribution in [2.24, 2.45) is 16.7 Å². The average Bonchev–Trinajstić information content (AvgIpc) is 2.59. The first-order valence-electron chi connectivity index (χ1n) is 6.64. The molecule has 1 aliphatic carbocycles. The van der Waals surface area contributed by atoms with Gasteiger partial charge in [0.1, 0.15) is 0 Å². The highest BCUT2D eigenvalue weighted by Crippen LogP contribution is 2.68. The van der Waals surface area contributed by atoms with Crippen LogP contribution in [0, 0.1) is 21.5 Å². The minimum atomic E-state index is 0.365. The molecule has 1 aliphatic rings. The Kier molecular flexibility index (Phi) is 2.68. The number of rotatable bonds is 2. The fourth-order valence-corrected chi connectivity index (χ4v) is 3.79. The number of halogens is 1. The Balaban J connectivity index is 2.06. The standard InChI is InChI=1S/C15H19ClN2S/c1-14(2)11(15(14,3)4)8-18-10-7-5-6-9(16)12(10)17-13(18)19/h5-7,11H,8H2,1-4H3,(H,17,19). The second-order valence-corrected chi connectivity index (χ2v) is 7.46. The van der Waals surface area contributed by atoms with Crippen LogP contribution in [-0.4, -0.2) is 9.55 Å². The summed E-state index contributed by atoms with van der Waals surface area (Å²) in [7, 11) is 0. The van der Waals surface area contributed by atoms with Crippen LogP contribution in [0.15, 0.2) is 18.2 Å². The molecule has 2 aromatic rings. The monoisotopic (exact) mass is 294 g/mol. The van der Waals surface area contributed by atoms with Crippen LogP contribution in [0.1, 0.15) is 27.7 Å². The lowest BCUT2D eigenvalue weighted by Gasteiger charge is -2.06. The van der Waals surface area contributed by atoms with E-state index >= 15 is 0 Å². The number of fused-ring (bicyclic) bond motifs is 1. The van der Waals surface area contributed by atoms with Gasteiger partial charge in [0.05, 0.1) is 16.1 Å². The van der Waals surface area contributed by atoms with Gasteiger partial charge in [-0.05, 0) is 41.1 Å². The van der Waals surface area contributed by atoms with Gasteiger partial charge < -0.3 is 9.55 Å². The first-order chi connectivity index (χ1) is 8.76. The van der Waals surface area contributed by atoms with Crippen LogP contribution in [-0.2, 0) is 6.54 Å². The Labute approximate surface area is 123 Å². The van der Waals surface area contributed by atoms with Gasteiger partial charge in [-0.15, -0.1) is 0 Å². The van der Waals surface area contributed by atoms with Gasteiger partial charge >= 0.3 is 0 Å². The number of nitrogens with zero attached hydrogens (tertiary/aromatic N) is 1. The molecule has 0 spiro atoms. The van der Waals surface area contributed by atoms with Crippen molar-refractivity contribution in [1.29, 1.82) is 0 Å². The third-order valence-corrected chi connectivity index (χ3v) is 6.08. The third kappa shape index (κ3) is 1.71. The summed E-state index contributed by atoms with van der Waals surface area (Å²) in [6.45, 7) is 10.3. The van der Waals surface area contributed by atoms with E-state index in [4.69, 9.17) is 23.8 Å². The lowest BCUT2D eigenvalue weighted by atomic mass is 10.0. The zero-order valence-electron chi connectivity index (χ0n) is 11.7. The molecule has 0 atom stereocenters. The molecule has 0 saturated heterocycles. The van der Waals surface area contributed by atoms with E-state index in [1.165, 1.54) is 0 Å². The SMILES string of the molecule is CC1(C)C(Cn2c(=S)[nH]c3c(Cl)cccc32)C1(C)C. The van der Waals surface area contributed by atoms with Gasteiger partial charge in [-0.2, -0.15) is 0 Å². The van der Waals surface area contributed by atoms with Gasteiger partial charge in [-0.3, -0.25) is 0 Å². The Bertz CT molecular complexity index is 694. The molecule has 3 rings (SSSR count). The van der Waals surface area contributed by atoms with Crippen molar-refractivity contribution in [3.63, 3.8) is 0 Å². The van der Waals surface area contributed by atoms with E-state index in [9.17, 15) is 0 Å². The van der Waals surface area contributed by atoms with E-state index in [2.05, 4.69) is 43.3 Å². The molecule has 1 N–H and O–H groups in total. The van der Waals surface area contributed by atoms with E-state index < -0.39 is 0 Å². The van der Waals surface area contributed by atoms with Crippen LogP contribution in [0.2, 0.25) is 5.02 Å². The summed E-state index contributed by atoms with van der Waals surface area (Å²) in [6, 6.07) is 5.95. The number of hydrogen-bond donors (Lipinski definition) is 1. The quantitative estimate of drug-likeness (QED) is 0.770. The number of aromatic nitrogens is 2.